The Kier molecular flexibility index (Phi) is 6.44. The lowest BCUT2D eigenvalue weighted by Crippen LogP contribution is -2.49. The van der Waals surface area contributed by atoms with Crippen LogP contribution >= 0.6 is 0 Å². The number of hydrogen-bond acceptors (Lipinski definition) is 7. The summed E-state index contributed by atoms with van der Waals surface area (Å²) in [6, 6.07) is 11.3. The van der Waals surface area contributed by atoms with Crippen molar-refractivity contribution in [2.75, 3.05) is 52.4 Å². The fraction of sp³-hybridized carbons (Fsp3) is 0.360. The molecule has 3 aromatic rings. The van der Waals surface area contributed by atoms with E-state index in [9.17, 15) is 9.59 Å². The summed E-state index contributed by atoms with van der Waals surface area (Å²) in [7, 11) is 4.73. The van der Waals surface area contributed by atoms with Crippen LogP contribution in [0.2, 0.25) is 0 Å². The van der Waals surface area contributed by atoms with Crippen LogP contribution in [0.25, 0.3) is 11.0 Å². The van der Waals surface area contributed by atoms with Gasteiger partial charge in [0.1, 0.15) is 22.8 Å². The van der Waals surface area contributed by atoms with Gasteiger partial charge in [-0.15, -0.1) is 0 Å². The SMILES string of the molecule is COc1ccc(N2CCN(C(=O)Cc3c(C)c4c(OC)cc(OC)cc4oc3=O)CC2)cc1. The van der Waals surface area contributed by atoms with Crippen LogP contribution in [-0.4, -0.2) is 58.3 Å². The minimum Gasteiger partial charge on any atom is -0.497 e. The van der Waals surface area contributed by atoms with Crippen molar-refractivity contribution in [2.45, 2.75) is 13.3 Å². The average molecular weight is 453 g/mol. The van der Waals surface area contributed by atoms with E-state index in [1.54, 1.807) is 31.3 Å². The molecule has 1 aromatic heterocycles. The van der Waals surface area contributed by atoms with Crippen molar-refractivity contribution in [1.82, 2.24) is 4.90 Å². The number of methoxy groups -OCH3 is 3. The summed E-state index contributed by atoms with van der Waals surface area (Å²) < 4.78 is 21.5. The topological polar surface area (TPSA) is 81.5 Å². The van der Waals surface area contributed by atoms with Crippen molar-refractivity contribution in [2.24, 2.45) is 0 Å². The van der Waals surface area contributed by atoms with E-state index in [0.717, 1.165) is 24.5 Å². The molecule has 0 radical (unpaired) electrons. The molecule has 33 heavy (non-hydrogen) atoms. The van der Waals surface area contributed by atoms with E-state index in [0.29, 0.717) is 46.7 Å². The Balaban J connectivity index is 1.50. The van der Waals surface area contributed by atoms with Crippen LogP contribution in [0.15, 0.2) is 45.6 Å². The second-order valence-corrected chi connectivity index (χ2v) is 7.94. The monoisotopic (exact) mass is 452 g/mol. The van der Waals surface area contributed by atoms with E-state index in [4.69, 9.17) is 18.6 Å². The van der Waals surface area contributed by atoms with Crippen LogP contribution < -0.4 is 24.7 Å². The van der Waals surface area contributed by atoms with Gasteiger partial charge in [-0.2, -0.15) is 0 Å². The lowest BCUT2D eigenvalue weighted by molar-refractivity contribution is -0.130. The Labute approximate surface area is 192 Å². The maximum Gasteiger partial charge on any atom is 0.340 e. The van der Waals surface area contributed by atoms with Crippen LogP contribution in [0.1, 0.15) is 11.1 Å². The number of rotatable bonds is 6. The van der Waals surface area contributed by atoms with Crippen molar-refractivity contribution in [3.63, 3.8) is 0 Å². The molecular weight excluding hydrogens is 424 g/mol. The fourth-order valence-corrected chi connectivity index (χ4v) is 4.24. The normalized spacial score (nSPS) is 13.8. The number of carbonyl (C=O) groups excluding carboxylic acids is 1. The Morgan fingerprint density at radius 1 is 0.939 bits per heavy atom. The molecule has 174 valence electrons. The number of carbonyl (C=O) groups is 1. The number of nitrogens with zero attached hydrogens (tertiary/aromatic N) is 2. The van der Waals surface area contributed by atoms with E-state index in [1.807, 2.05) is 31.2 Å². The number of piperazine rings is 1. The predicted octanol–water partition coefficient (Wildman–Crippen LogP) is 3.02. The van der Waals surface area contributed by atoms with Gasteiger partial charge in [-0.05, 0) is 36.8 Å². The molecule has 2 heterocycles. The minimum absolute atomic E-state index is 0.0121. The molecule has 2 aromatic carbocycles. The smallest absolute Gasteiger partial charge is 0.340 e. The molecule has 0 bridgehead atoms. The first-order valence-corrected chi connectivity index (χ1v) is 10.8. The highest BCUT2D eigenvalue weighted by Crippen LogP contribution is 2.34. The Morgan fingerprint density at radius 2 is 1.61 bits per heavy atom. The highest BCUT2D eigenvalue weighted by molar-refractivity contribution is 5.90. The molecule has 1 aliphatic heterocycles. The van der Waals surface area contributed by atoms with Gasteiger partial charge in [-0.3, -0.25) is 4.79 Å². The molecule has 1 aliphatic rings. The molecule has 1 fully saturated rings. The van der Waals surface area contributed by atoms with Crippen molar-refractivity contribution < 1.29 is 23.4 Å². The van der Waals surface area contributed by atoms with Crippen LogP contribution in [0, 0.1) is 6.92 Å². The highest BCUT2D eigenvalue weighted by Gasteiger charge is 2.24. The summed E-state index contributed by atoms with van der Waals surface area (Å²) in [5.74, 6) is 1.78. The zero-order valence-electron chi connectivity index (χ0n) is 19.3. The van der Waals surface area contributed by atoms with E-state index in [2.05, 4.69) is 4.90 Å². The molecule has 0 aliphatic carbocycles. The van der Waals surface area contributed by atoms with Gasteiger partial charge < -0.3 is 28.4 Å². The van der Waals surface area contributed by atoms with Crippen molar-refractivity contribution in [1.29, 1.82) is 0 Å². The molecule has 0 atom stereocenters. The molecule has 0 N–H and O–H groups in total. The second kappa shape index (κ2) is 9.44. The van der Waals surface area contributed by atoms with Crippen molar-refractivity contribution >= 4 is 22.6 Å². The molecule has 8 nitrogen and oxygen atoms in total. The number of aryl methyl sites for hydroxylation is 1. The summed E-state index contributed by atoms with van der Waals surface area (Å²) in [6.07, 6.45) is -0.0121. The van der Waals surface area contributed by atoms with Gasteiger partial charge in [0.05, 0.1) is 38.7 Å². The first-order valence-electron chi connectivity index (χ1n) is 10.8. The van der Waals surface area contributed by atoms with Crippen molar-refractivity contribution in [3.05, 3.63) is 57.9 Å². The lowest BCUT2D eigenvalue weighted by atomic mass is 10.0. The van der Waals surface area contributed by atoms with Gasteiger partial charge in [0.25, 0.3) is 0 Å². The third-order valence-electron chi connectivity index (χ3n) is 6.17. The number of benzene rings is 2. The summed E-state index contributed by atoms with van der Waals surface area (Å²) >= 11 is 0. The fourth-order valence-electron chi connectivity index (χ4n) is 4.24. The van der Waals surface area contributed by atoms with E-state index in [1.165, 1.54) is 7.11 Å². The molecule has 0 spiro atoms. The number of amides is 1. The second-order valence-electron chi connectivity index (χ2n) is 7.94. The first kappa shape index (κ1) is 22.5. The molecule has 1 amide bonds. The van der Waals surface area contributed by atoms with Gasteiger partial charge in [-0.25, -0.2) is 4.79 Å². The quantitative estimate of drug-likeness (QED) is 0.532. The van der Waals surface area contributed by atoms with Gasteiger partial charge in [0.2, 0.25) is 5.91 Å². The van der Waals surface area contributed by atoms with E-state index in [-0.39, 0.29) is 12.3 Å². The minimum atomic E-state index is -0.513. The largest absolute Gasteiger partial charge is 0.497 e. The lowest BCUT2D eigenvalue weighted by Gasteiger charge is -2.36. The molecular formula is C25H28N2O6. The zero-order valence-corrected chi connectivity index (χ0v) is 19.3. The Bertz CT molecular complexity index is 1210. The molecule has 4 rings (SSSR count). The third kappa shape index (κ3) is 4.46. The average Bonchev–Trinajstić information content (AvgIpc) is 2.85. The van der Waals surface area contributed by atoms with Gasteiger partial charge in [0.15, 0.2) is 0 Å². The first-order chi connectivity index (χ1) is 15.9. The summed E-state index contributed by atoms with van der Waals surface area (Å²) in [5, 5.41) is 0.671. The van der Waals surface area contributed by atoms with Crippen LogP contribution in [0.5, 0.6) is 17.2 Å². The maximum absolute atomic E-state index is 13.0. The van der Waals surface area contributed by atoms with E-state index < -0.39 is 5.63 Å². The number of hydrogen-bond donors (Lipinski definition) is 0. The van der Waals surface area contributed by atoms with Crippen LogP contribution in [-0.2, 0) is 11.2 Å². The Hall–Kier alpha value is -3.68. The number of anilines is 1. The summed E-state index contributed by atoms with van der Waals surface area (Å²) in [6.45, 7) is 4.43. The molecule has 0 saturated carbocycles. The predicted molar refractivity (Wildman–Crippen MR) is 126 cm³/mol. The van der Waals surface area contributed by atoms with Crippen LogP contribution in [0.4, 0.5) is 5.69 Å². The van der Waals surface area contributed by atoms with Crippen LogP contribution in [0.3, 0.4) is 0 Å². The maximum atomic E-state index is 13.0. The van der Waals surface area contributed by atoms with Gasteiger partial charge in [-0.1, -0.05) is 0 Å². The number of fused-ring (bicyclic) bond motifs is 1. The standard InChI is InChI=1S/C25H28N2O6/c1-16-20(25(29)33-22-14-19(31-3)13-21(32-4)24(16)22)15-23(28)27-11-9-26(10-12-27)17-5-7-18(30-2)8-6-17/h5-8,13-14H,9-12,15H2,1-4H3. The Morgan fingerprint density at radius 3 is 2.21 bits per heavy atom. The zero-order chi connectivity index (χ0) is 23.5. The van der Waals surface area contributed by atoms with Gasteiger partial charge in [0, 0.05) is 44.0 Å². The summed E-state index contributed by atoms with van der Waals surface area (Å²) in [5.41, 5.74) is 1.99. The molecule has 8 heteroatoms. The van der Waals surface area contributed by atoms with E-state index >= 15 is 0 Å². The third-order valence-corrected chi connectivity index (χ3v) is 6.17. The summed E-state index contributed by atoms with van der Waals surface area (Å²) in [4.78, 5) is 29.8. The van der Waals surface area contributed by atoms with Gasteiger partial charge >= 0.3 is 5.63 Å². The molecule has 0 unspecified atom stereocenters. The number of ether oxygens (including phenoxy) is 3. The highest BCUT2D eigenvalue weighted by atomic mass is 16.5. The van der Waals surface area contributed by atoms with Crippen molar-refractivity contribution in [3.8, 4) is 17.2 Å². The molecule has 1 saturated heterocycles.